The second-order valence-electron chi connectivity index (χ2n) is 7.68. The van der Waals surface area contributed by atoms with E-state index in [1.165, 1.54) is 23.5 Å². The van der Waals surface area contributed by atoms with E-state index in [1.807, 2.05) is 0 Å². The number of nitrogens with zero attached hydrogens (tertiary/aromatic N) is 2. The number of nitrogens with two attached hydrogens (primary N) is 1. The minimum atomic E-state index is -1.56. The molecule has 0 saturated heterocycles. The van der Waals surface area contributed by atoms with Crippen LogP contribution >= 0.6 is 22.9 Å². The Labute approximate surface area is 202 Å². The number of hydrogen-bond donors (Lipinski definition) is 2. The van der Waals surface area contributed by atoms with Crippen molar-refractivity contribution in [3.05, 3.63) is 80.4 Å². The van der Waals surface area contributed by atoms with Crippen LogP contribution in [0.5, 0.6) is 0 Å². The van der Waals surface area contributed by atoms with Crippen molar-refractivity contribution in [2.24, 2.45) is 5.14 Å². The van der Waals surface area contributed by atoms with Gasteiger partial charge in [-0.1, -0.05) is 29.8 Å². The Morgan fingerprint density at radius 2 is 2.06 bits per heavy atom. The summed E-state index contributed by atoms with van der Waals surface area (Å²) in [5.74, 6) is -0.603. The van der Waals surface area contributed by atoms with E-state index in [0.717, 1.165) is 28.1 Å². The quantitative estimate of drug-likeness (QED) is 0.529. The molecule has 0 spiro atoms. The van der Waals surface area contributed by atoms with Crippen LogP contribution in [-0.2, 0) is 41.7 Å². The van der Waals surface area contributed by atoms with Crippen LogP contribution in [0.1, 0.15) is 27.1 Å². The molecule has 3 N–H and O–H groups in total. The van der Waals surface area contributed by atoms with Crippen molar-refractivity contribution >= 4 is 44.8 Å². The van der Waals surface area contributed by atoms with Crippen LogP contribution in [0.25, 0.3) is 0 Å². The highest BCUT2D eigenvalue weighted by Crippen LogP contribution is 2.37. The number of halogens is 2. The molecule has 33 heavy (non-hydrogen) atoms. The molecule has 1 aliphatic heterocycles. The fourth-order valence-electron chi connectivity index (χ4n) is 3.79. The zero-order chi connectivity index (χ0) is 23.5. The highest BCUT2D eigenvalue weighted by atomic mass is 35.5. The predicted octanol–water partition coefficient (Wildman–Crippen LogP) is 4.13. The van der Waals surface area contributed by atoms with Gasteiger partial charge in [0.15, 0.2) is 0 Å². The van der Waals surface area contributed by atoms with Crippen LogP contribution in [0.2, 0.25) is 5.02 Å². The van der Waals surface area contributed by atoms with E-state index in [0.29, 0.717) is 40.0 Å². The number of amides is 1. The van der Waals surface area contributed by atoms with E-state index in [2.05, 4.69) is 16.3 Å². The Morgan fingerprint density at radius 1 is 1.30 bits per heavy atom. The molecule has 1 atom stereocenters. The van der Waals surface area contributed by atoms with Crippen molar-refractivity contribution in [2.75, 3.05) is 11.9 Å². The van der Waals surface area contributed by atoms with E-state index in [4.69, 9.17) is 16.7 Å². The molecule has 0 aliphatic carbocycles. The molecule has 0 saturated carbocycles. The van der Waals surface area contributed by atoms with Crippen LogP contribution < -0.4 is 10.5 Å². The van der Waals surface area contributed by atoms with Gasteiger partial charge in [0.2, 0.25) is 5.91 Å². The number of benzene rings is 2. The van der Waals surface area contributed by atoms with Gasteiger partial charge in [-0.3, -0.25) is 9.69 Å². The summed E-state index contributed by atoms with van der Waals surface area (Å²) in [6, 6.07) is 13.3. The Hall–Kier alpha value is -2.61. The summed E-state index contributed by atoms with van der Waals surface area (Å²) in [4.78, 5) is 16.3. The maximum Gasteiger partial charge on any atom is 0.229 e. The standard InChI is InChI=1S/C23H20ClFN4O2S2/c24-20-10-16(25)4-3-15(20)12-29-8-7-18-19(11-26)23(32-21(18)13-29)28-22(30)9-14-1-5-17(6-2-14)33(27)31/h1-6,10H,7-9,12-13,27H2,(H,28,30). The van der Waals surface area contributed by atoms with Crippen molar-refractivity contribution < 1.29 is 13.4 Å². The van der Waals surface area contributed by atoms with Gasteiger partial charge in [0.25, 0.3) is 0 Å². The summed E-state index contributed by atoms with van der Waals surface area (Å²) in [6.07, 6.45) is 0.807. The average Bonchev–Trinajstić information content (AvgIpc) is 3.12. The summed E-state index contributed by atoms with van der Waals surface area (Å²) >= 11 is 7.58. The zero-order valence-corrected chi connectivity index (χ0v) is 19.8. The molecule has 0 fully saturated rings. The lowest BCUT2D eigenvalue weighted by molar-refractivity contribution is -0.115. The summed E-state index contributed by atoms with van der Waals surface area (Å²) in [5, 5.41) is 18.9. The number of nitriles is 1. The van der Waals surface area contributed by atoms with E-state index < -0.39 is 11.0 Å². The molecular formula is C23H20ClFN4O2S2. The fourth-order valence-corrected chi connectivity index (χ4v) is 5.67. The molecule has 170 valence electrons. The van der Waals surface area contributed by atoms with Gasteiger partial charge in [-0.25, -0.2) is 13.7 Å². The normalized spacial score (nSPS) is 14.4. The number of carbonyl (C=O) groups is 1. The smallest absolute Gasteiger partial charge is 0.229 e. The molecule has 1 unspecified atom stereocenters. The summed E-state index contributed by atoms with van der Waals surface area (Å²) < 4.78 is 24.6. The van der Waals surface area contributed by atoms with Gasteiger partial charge in [-0.15, -0.1) is 11.3 Å². The molecule has 6 nitrogen and oxygen atoms in total. The van der Waals surface area contributed by atoms with Crippen LogP contribution in [0.15, 0.2) is 47.4 Å². The molecule has 0 bridgehead atoms. The minimum Gasteiger partial charge on any atom is -0.316 e. The monoisotopic (exact) mass is 502 g/mol. The summed E-state index contributed by atoms with van der Waals surface area (Å²) in [6.45, 7) is 1.92. The molecule has 1 aromatic heterocycles. The van der Waals surface area contributed by atoms with E-state index in [1.54, 1.807) is 30.3 Å². The topological polar surface area (TPSA) is 99.2 Å². The predicted molar refractivity (Wildman–Crippen MR) is 128 cm³/mol. The lowest BCUT2D eigenvalue weighted by Crippen LogP contribution is -2.29. The maximum absolute atomic E-state index is 13.3. The third-order valence-corrected chi connectivity index (χ3v) is 7.65. The largest absolute Gasteiger partial charge is 0.316 e. The number of anilines is 1. The molecule has 10 heteroatoms. The molecule has 1 aliphatic rings. The van der Waals surface area contributed by atoms with Crippen LogP contribution in [-0.4, -0.2) is 21.6 Å². The van der Waals surface area contributed by atoms with Crippen molar-refractivity contribution in [1.82, 2.24) is 4.90 Å². The highest BCUT2D eigenvalue weighted by Gasteiger charge is 2.25. The van der Waals surface area contributed by atoms with Crippen LogP contribution in [0.3, 0.4) is 0 Å². The Balaban J connectivity index is 1.45. The number of nitrogens with one attached hydrogen (secondary N) is 1. The molecule has 0 radical (unpaired) electrons. The fraction of sp³-hybridized carbons (Fsp3) is 0.217. The van der Waals surface area contributed by atoms with E-state index >= 15 is 0 Å². The van der Waals surface area contributed by atoms with Crippen molar-refractivity contribution in [2.45, 2.75) is 30.8 Å². The first-order valence-electron chi connectivity index (χ1n) is 10.1. The van der Waals surface area contributed by atoms with Gasteiger partial charge in [0.05, 0.1) is 16.9 Å². The SMILES string of the molecule is N#Cc1c(NC(=O)Cc2ccc(S(N)=O)cc2)sc2c1CCN(Cc1ccc(F)cc1Cl)C2. The molecule has 4 rings (SSSR count). The highest BCUT2D eigenvalue weighted by molar-refractivity contribution is 7.82. The van der Waals surface area contributed by atoms with Crippen molar-refractivity contribution in [1.29, 1.82) is 5.26 Å². The second-order valence-corrected chi connectivity index (χ2v) is 10.3. The van der Waals surface area contributed by atoms with Gasteiger partial charge in [0, 0.05) is 29.5 Å². The lowest BCUT2D eigenvalue weighted by Gasteiger charge is -2.27. The van der Waals surface area contributed by atoms with E-state index in [9.17, 15) is 18.7 Å². The Bertz CT molecular complexity index is 1270. The number of carbonyl (C=O) groups excluding carboxylic acids is 1. The number of fused-ring (bicyclic) bond motifs is 1. The van der Waals surface area contributed by atoms with Crippen molar-refractivity contribution in [3.63, 3.8) is 0 Å². The van der Waals surface area contributed by atoms with Gasteiger partial charge in [0.1, 0.15) is 27.9 Å². The van der Waals surface area contributed by atoms with Gasteiger partial charge in [-0.2, -0.15) is 5.26 Å². The van der Waals surface area contributed by atoms with Gasteiger partial charge in [-0.05, 0) is 47.4 Å². The Kier molecular flexibility index (Phi) is 7.22. The number of thiophene rings is 1. The third kappa shape index (κ3) is 5.49. The Morgan fingerprint density at radius 3 is 2.73 bits per heavy atom. The maximum atomic E-state index is 13.3. The lowest BCUT2D eigenvalue weighted by atomic mass is 10.0. The van der Waals surface area contributed by atoms with Crippen LogP contribution in [0, 0.1) is 17.1 Å². The third-order valence-electron chi connectivity index (χ3n) is 5.43. The van der Waals surface area contributed by atoms with Crippen molar-refractivity contribution in [3.8, 4) is 6.07 Å². The molecule has 1 amide bonds. The first-order valence-corrected chi connectivity index (χ1v) is 12.5. The molecule has 2 heterocycles. The molecule has 3 aromatic rings. The van der Waals surface area contributed by atoms with Gasteiger partial charge >= 0.3 is 0 Å². The summed E-state index contributed by atoms with van der Waals surface area (Å²) in [5.41, 5.74) is 3.08. The average molecular weight is 503 g/mol. The first kappa shape index (κ1) is 23.5. The minimum absolute atomic E-state index is 0.125. The van der Waals surface area contributed by atoms with Gasteiger partial charge < -0.3 is 5.32 Å². The first-order chi connectivity index (χ1) is 15.8. The molecular weight excluding hydrogens is 483 g/mol. The number of rotatable bonds is 6. The van der Waals surface area contributed by atoms with Crippen LogP contribution in [0.4, 0.5) is 9.39 Å². The number of hydrogen-bond acceptors (Lipinski definition) is 5. The molecule has 2 aromatic carbocycles. The van der Waals surface area contributed by atoms with E-state index in [-0.39, 0.29) is 18.1 Å². The second kappa shape index (κ2) is 10.1. The zero-order valence-electron chi connectivity index (χ0n) is 17.4. The summed E-state index contributed by atoms with van der Waals surface area (Å²) in [7, 11) is -1.56.